The lowest BCUT2D eigenvalue weighted by Crippen LogP contribution is -2.43. The molecule has 2 N–H and O–H groups in total. The molecule has 11 nitrogen and oxygen atoms in total. The minimum absolute atomic E-state index is 0.0207. The molecule has 6 aliphatic rings. The van der Waals surface area contributed by atoms with E-state index in [-0.39, 0.29) is 66.6 Å². The van der Waals surface area contributed by atoms with Gasteiger partial charge in [0.25, 0.3) is 0 Å². The van der Waals surface area contributed by atoms with Crippen LogP contribution in [0.5, 0.6) is 6.01 Å². The Balaban J connectivity index is 1.21. The van der Waals surface area contributed by atoms with Crippen LogP contribution in [0.25, 0.3) is 33.1 Å². The molecule has 0 spiro atoms. The number of hydrogen-bond donors (Lipinski definition) is 2. The fraction of sp³-hybridized carbons (Fsp3) is 0.531. The maximum absolute atomic E-state index is 17.1. The Kier molecular flexibility index (Phi) is 6.72. The monoisotopic (exact) mass is 668 g/mol. The Morgan fingerprint density at radius 2 is 2.06 bits per heavy atom. The van der Waals surface area contributed by atoms with E-state index in [0.717, 1.165) is 31.4 Å². The highest BCUT2D eigenvalue weighted by molar-refractivity contribution is 6.33. The van der Waals surface area contributed by atoms with Crippen molar-refractivity contribution in [3.63, 3.8) is 0 Å². The first-order valence-electron chi connectivity index (χ1n) is 16.1. The third-order valence-corrected chi connectivity index (χ3v) is 11.0. The van der Waals surface area contributed by atoms with Gasteiger partial charge in [-0.3, -0.25) is 15.0 Å². The zero-order valence-electron chi connectivity index (χ0n) is 25.3. The average molecular weight is 669 g/mol. The van der Waals surface area contributed by atoms with Crippen LogP contribution in [0.3, 0.4) is 0 Å². The third kappa shape index (κ3) is 4.77. The Morgan fingerprint density at radius 1 is 1.17 bits per heavy atom. The van der Waals surface area contributed by atoms with Crippen molar-refractivity contribution < 1.29 is 27.4 Å². The number of rotatable bonds is 3. The van der Waals surface area contributed by atoms with Gasteiger partial charge in [0.15, 0.2) is 5.82 Å². The highest BCUT2D eigenvalue weighted by Gasteiger charge is 2.49. The number of alkyl carbamates (subject to hydrolysis) is 1. The maximum Gasteiger partial charge on any atom is 0.407 e. The third-order valence-electron chi connectivity index (χ3n) is 10.7. The van der Waals surface area contributed by atoms with Gasteiger partial charge in [0.1, 0.15) is 36.0 Å². The number of halogens is 4. The van der Waals surface area contributed by atoms with Crippen LogP contribution in [0.4, 0.5) is 23.8 Å². The first kappa shape index (κ1) is 29.2. The number of carbonyl (C=O) groups excluding carboxylic acids is 1. The van der Waals surface area contributed by atoms with Gasteiger partial charge < -0.3 is 19.7 Å². The van der Waals surface area contributed by atoms with Crippen molar-refractivity contribution in [3.8, 4) is 17.3 Å². The molecule has 3 saturated heterocycles. The number of hydrogen-bond acceptors (Lipinski definition) is 9. The first-order valence-corrected chi connectivity index (χ1v) is 16.5. The van der Waals surface area contributed by atoms with E-state index in [0.29, 0.717) is 40.9 Å². The molecule has 8 heterocycles. The molecule has 1 aromatic carbocycles. The molecule has 1 saturated carbocycles. The van der Waals surface area contributed by atoms with Gasteiger partial charge in [-0.05, 0) is 55.7 Å². The van der Waals surface area contributed by atoms with E-state index in [9.17, 15) is 9.18 Å². The fourth-order valence-corrected chi connectivity index (χ4v) is 8.67. The van der Waals surface area contributed by atoms with Crippen molar-refractivity contribution in [3.05, 3.63) is 34.9 Å². The quantitative estimate of drug-likeness (QED) is 0.308. The molecule has 0 radical (unpaired) electrons. The molecule has 1 aliphatic carbocycles. The number of aromatic nitrogens is 5. The first-order chi connectivity index (χ1) is 22.8. The summed E-state index contributed by atoms with van der Waals surface area (Å²) in [6, 6.07) is 0.809. The van der Waals surface area contributed by atoms with Crippen LogP contribution in [0.15, 0.2) is 18.5 Å². The van der Waals surface area contributed by atoms with Gasteiger partial charge in [-0.15, -0.1) is 0 Å². The SMILES string of the molecule is O=C1N[C@H]2CN(C[C@H]2F)c2nc(OC[C@@]34CCCN3C[C@H](F)C4)nc3c(F)c(ncc23)-c2c(c(Cl)cc3[nH]ncc23)[C@H]2C[C@H]2CCO1. The molecule has 4 aromatic rings. The molecule has 1 amide bonds. The van der Waals surface area contributed by atoms with Crippen LogP contribution >= 0.6 is 11.6 Å². The molecule has 6 atom stereocenters. The lowest BCUT2D eigenvalue weighted by atomic mass is 9.94. The molecule has 246 valence electrons. The number of aromatic amines is 1. The van der Waals surface area contributed by atoms with Crippen molar-refractivity contribution in [1.82, 2.24) is 35.4 Å². The predicted octanol–water partition coefficient (Wildman–Crippen LogP) is 5.08. The minimum atomic E-state index is -1.44. The number of anilines is 1. The molecule has 6 bridgehead atoms. The predicted molar refractivity (Wildman–Crippen MR) is 167 cm³/mol. The minimum Gasteiger partial charge on any atom is -0.461 e. The second-order valence-electron chi connectivity index (χ2n) is 13.6. The molecule has 3 aromatic heterocycles. The van der Waals surface area contributed by atoms with E-state index in [1.54, 1.807) is 17.2 Å². The Hall–Kier alpha value is -3.91. The van der Waals surface area contributed by atoms with E-state index < -0.39 is 35.8 Å². The molecule has 4 fully saturated rings. The van der Waals surface area contributed by atoms with Crippen LogP contribution in [0.1, 0.15) is 43.6 Å². The number of alkyl halides is 2. The standard InChI is InChI=1S/C32H32ClF3N8O3/c33-20-7-22-18(10-38-42-22)25-24(20)17-6-15(17)2-5-46-31(45)39-23-13-43(12-21(23)35)29-19-9-37-28(25)26(36)27(19)40-30(41-29)47-14-32-3-1-4-44(32)11-16(34)8-32/h7,9-10,15-17,21,23H,1-6,8,11-14H2,(H,38,42)(H,39,45)/t15-,16-,17+,21-,23+,32+/m1/s1. The second kappa shape index (κ2) is 10.8. The van der Waals surface area contributed by atoms with Crippen LogP contribution < -0.4 is 15.0 Å². The summed E-state index contributed by atoms with van der Waals surface area (Å²) in [5.74, 6) is -0.350. The summed E-state index contributed by atoms with van der Waals surface area (Å²) in [4.78, 5) is 30.3. The number of H-pyrrole nitrogens is 1. The molecular weight excluding hydrogens is 637 g/mol. The van der Waals surface area contributed by atoms with Gasteiger partial charge in [0, 0.05) is 41.7 Å². The molecule has 0 unspecified atom stereocenters. The Morgan fingerprint density at radius 3 is 2.96 bits per heavy atom. The molecule has 10 rings (SSSR count). The summed E-state index contributed by atoms with van der Waals surface area (Å²) in [7, 11) is 0. The van der Waals surface area contributed by atoms with E-state index in [1.165, 1.54) is 6.20 Å². The summed E-state index contributed by atoms with van der Waals surface area (Å²) in [6.45, 7) is 1.37. The van der Waals surface area contributed by atoms with Crippen molar-refractivity contribution in [1.29, 1.82) is 0 Å². The van der Waals surface area contributed by atoms with E-state index in [4.69, 9.17) is 21.1 Å². The van der Waals surface area contributed by atoms with Crippen molar-refractivity contribution in [2.75, 3.05) is 44.3 Å². The van der Waals surface area contributed by atoms with Crippen LogP contribution in [-0.4, -0.2) is 99.5 Å². The zero-order chi connectivity index (χ0) is 32.0. The van der Waals surface area contributed by atoms with Crippen molar-refractivity contribution in [2.24, 2.45) is 5.92 Å². The number of nitrogens with one attached hydrogen (secondary N) is 2. The van der Waals surface area contributed by atoms with E-state index >= 15 is 8.78 Å². The molecule has 5 aliphatic heterocycles. The van der Waals surface area contributed by atoms with Gasteiger partial charge in [0.2, 0.25) is 0 Å². The Bertz CT molecular complexity index is 1930. The molecular formula is C32H32ClF3N8O3. The number of ether oxygens (including phenoxy) is 2. The number of benzene rings is 1. The van der Waals surface area contributed by atoms with Gasteiger partial charge >= 0.3 is 12.1 Å². The number of carbonyl (C=O) groups is 1. The summed E-state index contributed by atoms with van der Waals surface area (Å²) >= 11 is 6.88. The van der Waals surface area contributed by atoms with Gasteiger partial charge in [-0.25, -0.2) is 18.0 Å². The van der Waals surface area contributed by atoms with Crippen LogP contribution in [0.2, 0.25) is 5.02 Å². The zero-order valence-corrected chi connectivity index (χ0v) is 26.1. The number of fused-ring (bicyclic) bond motifs is 7. The normalized spacial score (nSPS) is 30.3. The number of amides is 1. The van der Waals surface area contributed by atoms with Crippen LogP contribution in [0, 0.1) is 11.7 Å². The van der Waals surface area contributed by atoms with Crippen molar-refractivity contribution in [2.45, 2.75) is 61.9 Å². The van der Waals surface area contributed by atoms with E-state index in [2.05, 4.69) is 35.4 Å². The molecule has 47 heavy (non-hydrogen) atoms. The lowest BCUT2D eigenvalue weighted by molar-refractivity contribution is 0.107. The summed E-state index contributed by atoms with van der Waals surface area (Å²) in [6.07, 6.45) is 3.42. The summed E-state index contributed by atoms with van der Waals surface area (Å²) in [5.41, 5.74) is 1.43. The highest BCUT2D eigenvalue weighted by Crippen LogP contribution is 2.56. The number of pyridine rings is 1. The fourth-order valence-electron chi connectivity index (χ4n) is 8.33. The smallest absolute Gasteiger partial charge is 0.407 e. The van der Waals surface area contributed by atoms with Crippen LogP contribution in [-0.2, 0) is 4.74 Å². The van der Waals surface area contributed by atoms with Gasteiger partial charge in [-0.1, -0.05) is 11.6 Å². The molecule has 15 heteroatoms. The Labute approximate surface area is 272 Å². The topological polar surface area (TPSA) is 121 Å². The second-order valence-corrected chi connectivity index (χ2v) is 14.0. The summed E-state index contributed by atoms with van der Waals surface area (Å²) < 4.78 is 58.6. The van der Waals surface area contributed by atoms with Gasteiger partial charge in [-0.2, -0.15) is 15.1 Å². The summed E-state index contributed by atoms with van der Waals surface area (Å²) in [5, 5.41) is 11.2. The van der Waals surface area contributed by atoms with E-state index in [1.807, 2.05) is 0 Å². The average Bonchev–Trinajstić information content (AvgIpc) is 3.35. The maximum atomic E-state index is 17.1. The van der Waals surface area contributed by atoms with Gasteiger partial charge in [0.05, 0.1) is 41.8 Å². The lowest BCUT2D eigenvalue weighted by Gasteiger charge is -2.31. The number of nitrogens with zero attached hydrogens (tertiary/aromatic N) is 6. The largest absolute Gasteiger partial charge is 0.461 e. The van der Waals surface area contributed by atoms with Crippen molar-refractivity contribution >= 4 is 45.3 Å². The highest BCUT2D eigenvalue weighted by atomic mass is 35.5.